The van der Waals surface area contributed by atoms with Crippen molar-refractivity contribution in [3.63, 3.8) is 0 Å². The average molecular weight is 239 g/mol. The molecule has 1 N–H and O–H groups in total. The van der Waals surface area contributed by atoms with Crippen LogP contribution in [0.2, 0.25) is 0 Å². The van der Waals surface area contributed by atoms with Gasteiger partial charge >= 0.3 is 0 Å². The Kier molecular flexibility index (Phi) is 3.67. The topological polar surface area (TPSA) is 23.5 Å². The van der Waals surface area contributed by atoms with Crippen molar-refractivity contribution in [1.29, 1.82) is 0 Å². The Morgan fingerprint density at radius 3 is 2.62 bits per heavy atom. The van der Waals surface area contributed by atoms with E-state index in [-0.39, 0.29) is 0 Å². The van der Waals surface area contributed by atoms with Gasteiger partial charge in [-0.3, -0.25) is 0 Å². The van der Waals surface area contributed by atoms with Crippen LogP contribution in [0.5, 0.6) is 0 Å². The molecule has 1 aliphatic rings. The largest absolute Gasteiger partial charge is 0.384 e. The van der Waals surface area contributed by atoms with Crippen LogP contribution in [0.15, 0.2) is 17.5 Å². The van der Waals surface area contributed by atoms with Crippen LogP contribution in [0.25, 0.3) is 0 Å². The lowest BCUT2D eigenvalue weighted by atomic mass is 9.89. The summed E-state index contributed by atoms with van der Waals surface area (Å²) in [6, 6.07) is 4.08. The van der Waals surface area contributed by atoms with Gasteiger partial charge in [0.05, 0.1) is 0 Å². The predicted octanol–water partition coefficient (Wildman–Crippen LogP) is 2.69. The number of hydrogen-bond donors (Lipinski definition) is 1. The predicted molar refractivity (Wildman–Crippen MR) is 68.7 cm³/mol. The van der Waals surface area contributed by atoms with Gasteiger partial charge in [-0.2, -0.15) is 0 Å². The molecule has 1 aliphatic heterocycles. The molecule has 0 spiro atoms. The minimum Gasteiger partial charge on any atom is -0.384 e. The minimum absolute atomic E-state index is 0.554. The van der Waals surface area contributed by atoms with Crippen molar-refractivity contribution >= 4 is 11.3 Å². The van der Waals surface area contributed by atoms with Crippen molar-refractivity contribution in [3.05, 3.63) is 22.4 Å². The second kappa shape index (κ2) is 4.86. The summed E-state index contributed by atoms with van der Waals surface area (Å²) in [4.78, 5) is 3.60. The van der Waals surface area contributed by atoms with Crippen molar-refractivity contribution in [2.45, 2.75) is 32.3 Å². The molecule has 0 aromatic carbocycles. The molecule has 0 atom stereocenters. The highest BCUT2D eigenvalue weighted by molar-refractivity contribution is 7.10. The van der Waals surface area contributed by atoms with Crippen LogP contribution < -0.4 is 0 Å². The Morgan fingerprint density at radius 2 is 2.12 bits per heavy atom. The maximum absolute atomic E-state index is 10.6. The first-order valence-electron chi connectivity index (χ1n) is 6.09. The smallest absolute Gasteiger partial charge is 0.101 e. The first kappa shape index (κ1) is 12.1. The van der Waals surface area contributed by atoms with E-state index in [0.717, 1.165) is 37.4 Å². The molecule has 2 heterocycles. The van der Waals surface area contributed by atoms with Gasteiger partial charge in [-0.1, -0.05) is 19.9 Å². The number of rotatable bonds is 3. The van der Waals surface area contributed by atoms with Gasteiger partial charge in [0, 0.05) is 24.5 Å². The molecule has 0 saturated carbocycles. The molecule has 16 heavy (non-hydrogen) atoms. The van der Waals surface area contributed by atoms with Gasteiger partial charge in [-0.05, 0) is 30.2 Å². The Labute approximate surface area is 102 Å². The number of piperidine rings is 1. The van der Waals surface area contributed by atoms with Crippen LogP contribution in [0.4, 0.5) is 0 Å². The Bertz CT molecular complexity index is 313. The molecule has 2 rings (SSSR count). The fourth-order valence-electron chi connectivity index (χ4n) is 2.41. The zero-order valence-electron chi connectivity index (χ0n) is 10.1. The number of nitrogens with zero attached hydrogens (tertiary/aromatic N) is 1. The van der Waals surface area contributed by atoms with E-state index in [2.05, 4.69) is 24.8 Å². The molecule has 1 aromatic heterocycles. The van der Waals surface area contributed by atoms with Crippen molar-refractivity contribution in [2.75, 3.05) is 19.6 Å². The highest BCUT2D eigenvalue weighted by Crippen LogP contribution is 2.35. The van der Waals surface area contributed by atoms with E-state index in [1.165, 1.54) is 0 Å². The van der Waals surface area contributed by atoms with Crippen molar-refractivity contribution in [1.82, 2.24) is 4.90 Å². The zero-order valence-corrected chi connectivity index (χ0v) is 11.0. The quantitative estimate of drug-likeness (QED) is 0.876. The average Bonchev–Trinajstić information content (AvgIpc) is 2.75. The lowest BCUT2D eigenvalue weighted by Gasteiger charge is -2.38. The molecule has 0 unspecified atom stereocenters. The van der Waals surface area contributed by atoms with E-state index in [1.807, 2.05) is 11.4 Å². The Balaban J connectivity index is 1.94. The van der Waals surface area contributed by atoms with Gasteiger partial charge in [0.15, 0.2) is 0 Å². The molecule has 0 aliphatic carbocycles. The van der Waals surface area contributed by atoms with Crippen LogP contribution in [0.1, 0.15) is 31.6 Å². The lowest BCUT2D eigenvalue weighted by molar-refractivity contribution is -0.0250. The van der Waals surface area contributed by atoms with Crippen LogP contribution in [-0.4, -0.2) is 29.6 Å². The number of likely N-dealkylation sites (tertiary alicyclic amines) is 1. The molecule has 3 heteroatoms. The van der Waals surface area contributed by atoms with Gasteiger partial charge in [-0.15, -0.1) is 11.3 Å². The fourth-order valence-corrected chi connectivity index (χ4v) is 3.30. The highest BCUT2D eigenvalue weighted by Gasteiger charge is 2.34. The lowest BCUT2D eigenvalue weighted by Crippen LogP contribution is -2.43. The summed E-state index contributed by atoms with van der Waals surface area (Å²) in [5, 5.41) is 12.6. The second-order valence-electron chi connectivity index (χ2n) is 5.20. The monoisotopic (exact) mass is 239 g/mol. The minimum atomic E-state index is -0.554. The normalized spacial score (nSPS) is 21.5. The van der Waals surface area contributed by atoms with E-state index in [0.29, 0.717) is 5.92 Å². The summed E-state index contributed by atoms with van der Waals surface area (Å²) >= 11 is 1.67. The third-order valence-corrected chi connectivity index (χ3v) is 4.35. The van der Waals surface area contributed by atoms with Crippen LogP contribution in [0, 0.1) is 5.92 Å². The van der Waals surface area contributed by atoms with E-state index in [4.69, 9.17) is 0 Å². The summed E-state index contributed by atoms with van der Waals surface area (Å²) in [6.07, 6.45) is 1.75. The maximum atomic E-state index is 10.6. The first-order chi connectivity index (χ1) is 7.60. The van der Waals surface area contributed by atoms with Crippen LogP contribution in [-0.2, 0) is 5.60 Å². The van der Waals surface area contributed by atoms with Crippen molar-refractivity contribution in [3.8, 4) is 0 Å². The summed E-state index contributed by atoms with van der Waals surface area (Å²) in [6.45, 7) is 7.69. The Hall–Kier alpha value is -0.380. The maximum Gasteiger partial charge on any atom is 0.101 e. The standard InChI is InChI=1S/C13H21NOS/c1-11(2)10-14-7-5-13(15,6-8-14)12-4-3-9-16-12/h3-4,9,11,15H,5-8,10H2,1-2H3. The fraction of sp³-hybridized carbons (Fsp3) is 0.692. The van der Waals surface area contributed by atoms with Gasteiger partial charge in [-0.25, -0.2) is 0 Å². The third kappa shape index (κ3) is 2.65. The van der Waals surface area contributed by atoms with Gasteiger partial charge in [0.2, 0.25) is 0 Å². The van der Waals surface area contributed by atoms with Gasteiger partial charge in [0.1, 0.15) is 5.60 Å². The Morgan fingerprint density at radius 1 is 1.44 bits per heavy atom. The summed E-state index contributed by atoms with van der Waals surface area (Å²) in [7, 11) is 0. The van der Waals surface area contributed by atoms with E-state index in [1.54, 1.807) is 11.3 Å². The van der Waals surface area contributed by atoms with E-state index < -0.39 is 5.60 Å². The third-order valence-electron chi connectivity index (χ3n) is 3.29. The number of aliphatic hydroxyl groups is 1. The molecule has 2 nitrogen and oxygen atoms in total. The zero-order chi connectivity index (χ0) is 11.6. The number of thiophene rings is 1. The molecular formula is C13H21NOS. The molecule has 1 saturated heterocycles. The van der Waals surface area contributed by atoms with E-state index >= 15 is 0 Å². The molecule has 1 aromatic rings. The molecule has 0 amide bonds. The summed E-state index contributed by atoms with van der Waals surface area (Å²) in [5.74, 6) is 0.716. The van der Waals surface area contributed by atoms with Crippen molar-refractivity contribution in [2.24, 2.45) is 5.92 Å². The molecular weight excluding hydrogens is 218 g/mol. The van der Waals surface area contributed by atoms with Gasteiger partial charge < -0.3 is 10.0 Å². The second-order valence-corrected chi connectivity index (χ2v) is 6.15. The molecule has 1 fully saturated rings. The molecule has 0 bridgehead atoms. The first-order valence-corrected chi connectivity index (χ1v) is 6.97. The summed E-state index contributed by atoms with van der Waals surface area (Å²) < 4.78 is 0. The van der Waals surface area contributed by atoms with Crippen LogP contribution in [0.3, 0.4) is 0 Å². The highest BCUT2D eigenvalue weighted by atomic mass is 32.1. The van der Waals surface area contributed by atoms with E-state index in [9.17, 15) is 5.11 Å². The molecule has 90 valence electrons. The SMILES string of the molecule is CC(C)CN1CCC(O)(c2cccs2)CC1. The van der Waals surface area contributed by atoms with Gasteiger partial charge in [0.25, 0.3) is 0 Å². The molecule has 0 radical (unpaired) electrons. The summed E-state index contributed by atoms with van der Waals surface area (Å²) in [5.41, 5.74) is -0.554. The van der Waals surface area contributed by atoms with Crippen LogP contribution >= 0.6 is 11.3 Å². The van der Waals surface area contributed by atoms with Crippen molar-refractivity contribution < 1.29 is 5.11 Å². The number of hydrogen-bond acceptors (Lipinski definition) is 3.